The zero-order valence-corrected chi connectivity index (χ0v) is 16.5. The first kappa shape index (κ1) is 20.3. The summed E-state index contributed by atoms with van der Waals surface area (Å²) in [7, 11) is -3.90. The Balaban J connectivity index is 1.85. The van der Waals surface area contributed by atoms with Crippen molar-refractivity contribution < 1.29 is 17.9 Å². The van der Waals surface area contributed by atoms with Gasteiger partial charge in [-0.1, -0.05) is 36.4 Å². The molecule has 0 bridgehead atoms. The lowest BCUT2D eigenvalue weighted by Gasteiger charge is -2.23. The number of rotatable bonds is 8. The van der Waals surface area contributed by atoms with Gasteiger partial charge in [0.05, 0.1) is 22.7 Å². The van der Waals surface area contributed by atoms with Crippen molar-refractivity contribution in [3.05, 3.63) is 103 Å². The van der Waals surface area contributed by atoms with Gasteiger partial charge in [0.15, 0.2) is 0 Å². The molecule has 0 saturated carbocycles. The van der Waals surface area contributed by atoms with E-state index in [2.05, 4.69) is 11.6 Å². The number of para-hydroxylation sites is 1. The van der Waals surface area contributed by atoms with E-state index in [1.54, 1.807) is 54.9 Å². The Morgan fingerprint density at radius 1 is 1.07 bits per heavy atom. The molecule has 0 unspecified atom stereocenters. The number of carbonyl (C=O) groups excluding carboxylic acids is 1. The van der Waals surface area contributed by atoms with Crippen molar-refractivity contribution in [1.29, 1.82) is 0 Å². The van der Waals surface area contributed by atoms with Crippen LogP contribution in [-0.2, 0) is 21.4 Å². The van der Waals surface area contributed by atoms with Crippen molar-refractivity contribution in [3.8, 4) is 0 Å². The normalized spacial score (nSPS) is 10.9. The number of hydrogen-bond acceptors (Lipinski definition) is 5. The summed E-state index contributed by atoms with van der Waals surface area (Å²) in [6.45, 7) is 3.80. The minimum atomic E-state index is -3.90. The largest absolute Gasteiger partial charge is 0.457 e. The Labute approximate surface area is 170 Å². The van der Waals surface area contributed by atoms with Gasteiger partial charge in [-0.05, 0) is 36.4 Å². The highest BCUT2D eigenvalue weighted by Gasteiger charge is 2.25. The van der Waals surface area contributed by atoms with Crippen LogP contribution in [0.15, 0.2) is 96.7 Å². The molecule has 1 aromatic heterocycles. The minimum Gasteiger partial charge on any atom is -0.457 e. The van der Waals surface area contributed by atoms with Crippen molar-refractivity contribution in [2.75, 3.05) is 10.8 Å². The topological polar surface area (TPSA) is 76.6 Å². The molecule has 6 nitrogen and oxygen atoms in total. The van der Waals surface area contributed by atoms with Gasteiger partial charge < -0.3 is 4.74 Å². The van der Waals surface area contributed by atoms with Crippen LogP contribution in [0.2, 0.25) is 0 Å². The van der Waals surface area contributed by atoms with Crippen LogP contribution in [0.5, 0.6) is 0 Å². The summed E-state index contributed by atoms with van der Waals surface area (Å²) in [4.78, 5) is 16.4. The number of benzene rings is 2. The van der Waals surface area contributed by atoms with Crippen molar-refractivity contribution >= 4 is 21.7 Å². The van der Waals surface area contributed by atoms with E-state index in [0.29, 0.717) is 5.69 Å². The van der Waals surface area contributed by atoms with Crippen LogP contribution in [-0.4, -0.2) is 25.9 Å². The van der Waals surface area contributed by atoms with Gasteiger partial charge in [0.2, 0.25) is 0 Å². The Bertz CT molecular complexity index is 1080. The second kappa shape index (κ2) is 9.16. The first-order chi connectivity index (χ1) is 14.0. The molecule has 0 aliphatic carbocycles. The van der Waals surface area contributed by atoms with Gasteiger partial charge in [-0.25, -0.2) is 13.2 Å². The van der Waals surface area contributed by atoms with Crippen LogP contribution in [0.4, 0.5) is 5.69 Å². The quantitative estimate of drug-likeness (QED) is 0.418. The van der Waals surface area contributed by atoms with E-state index in [0.717, 1.165) is 5.56 Å². The first-order valence-corrected chi connectivity index (χ1v) is 10.3. The molecular formula is C22H20N2O4S. The molecule has 0 fully saturated rings. The fraction of sp³-hybridized carbons (Fsp3) is 0.0909. The molecule has 0 N–H and O–H groups in total. The predicted octanol–water partition coefficient (Wildman–Crippen LogP) is 3.82. The number of hydrogen-bond donors (Lipinski definition) is 0. The third-order valence-corrected chi connectivity index (χ3v) is 5.88. The van der Waals surface area contributed by atoms with E-state index in [1.165, 1.54) is 34.6 Å². The smallest absolute Gasteiger partial charge is 0.338 e. The number of ether oxygens (including phenoxy) is 1. The number of nitrogens with zero attached hydrogens (tertiary/aromatic N) is 2. The number of aromatic nitrogens is 1. The van der Waals surface area contributed by atoms with E-state index in [1.807, 2.05) is 0 Å². The maximum Gasteiger partial charge on any atom is 0.338 e. The average Bonchev–Trinajstić information content (AvgIpc) is 2.77. The maximum absolute atomic E-state index is 13.2. The maximum atomic E-state index is 13.2. The molecule has 0 saturated heterocycles. The minimum absolute atomic E-state index is 0.000897. The molecule has 0 spiro atoms. The zero-order valence-electron chi connectivity index (χ0n) is 15.6. The molecule has 7 heteroatoms. The van der Waals surface area contributed by atoms with Gasteiger partial charge in [-0.3, -0.25) is 9.29 Å². The van der Waals surface area contributed by atoms with Gasteiger partial charge in [0.1, 0.15) is 6.61 Å². The van der Waals surface area contributed by atoms with Gasteiger partial charge in [-0.2, -0.15) is 0 Å². The van der Waals surface area contributed by atoms with E-state index < -0.39 is 16.0 Å². The summed E-state index contributed by atoms with van der Waals surface area (Å²) < 4.78 is 32.9. The van der Waals surface area contributed by atoms with Crippen LogP contribution in [0.3, 0.4) is 0 Å². The molecule has 29 heavy (non-hydrogen) atoms. The number of esters is 1. The molecule has 0 amide bonds. The van der Waals surface area contributed by atoms with E-state index in [-0.39, 0.29) is 23.6 Å². The lowest BCUT2D eigenvalue weighted by atomic mass is 10.2. The molecule has 2 aromatic carbocycles. The monoisotopic (exact) mass is 408 g/mol. The molecule has 0 aliphatic heterocycles. The van der Waals surface area contributed by atoms with Crippen LogP contribution >= 0.6 is 0 Å². The van der Waals surface area contributed by atoms with Crippen LogP contribution < -0.4 is 4.31 Å². The fourth-order valence-electron chi connectivity index (χ4n) is 2.68. The van der Waals surface area contributed by atoms with Gasteiger partial charge >= 0.3 is 5.97 Å². The molecule has 0 radical (unpaired) electrons. The Hall–Kier alpha value is -3.45. The summed E-state index contributed by atoms with van der Waals surface area (Å²) in [5.41, 5.74) is 1.41. The molecular weight excluding hydrogens is 388 g/mol. The zero-order chi connectivity index (χ0) is 20.7. The van der Waals surface area contributed by atoms with E-state index in [4.69, 9.17) is 4.74 Å². The summed E-state index contributed by atoms with van der Waals surface area (Å²) in [5, 5.41) is 0. The standard InChI is InChI=1S/C22H20N2O4S/c1-2-14-24(20-10-4-3-5-11-20)29(26,27)21-12-6-9-19(15-21)22(25)28-17-18-8-7-13-23-16-18/h2-13,15-16H,1,14,17H2. The highest BCUT2D eigenvalue weighted by Crippen LogP contribution is 2.24. The van der Waals surface area contributed by atoms with Crippen molar-refractivity contribution in [2.24, 2.45) is 0 Å². The Morgan fingerprint density at radius 2 is 1.86 bits per heavy atom. The van der Waals surface area contributed by atoms with Crippen molar-refractivity contribution in [1.82, 2.24) is 4.98 Å². The van der Waals surface area contributed by atoms with Gasteiger partial charge in [0, 0.05) is 18.0 Å². The Morgan fingerprint density at radius 3 is 2.55 bits per heavy atom. The third kappa shape index (κ3) is 4.89. The molecule has 1 heterocycles. The Kier molecular flexibility index (Phi) is 6.41. The number of anilines is 1. The highest BCUT2D eigenvalue weighted by atomic mass is 32.2. The second-order valence-electron chi connectivity index (χ2n) is 6.13. The van der Waals surface area contributed by atoms with Crippen molar-refractivity contribution in [3.63, 3.8) is 0 Å². The van der Waals surface area contributed by atoms with Crippen LogP contribution in [0.1, 0.15) is 15.9 Å². The number of sulfonamides is 1. The molecule has 3 aromatic rings. The first-order valence-electron chi connectivity index (χ1n) is 8.87. The second-order valence-corrected chi connectivity index (χ2v) is 7.99. The lowest BCUT2D eigenvalue weighted by Crippen LogP contribution is -2.31. The predicted molar refractivity (Wildman–Crippen MR) is 111 cm³/mol. The van der Waals surface area contributed by atoms with Crippen LogP contribution in [0, 0.1) is 0 Å². The van der Waals surface area contributed by atoms with Crippen molar-refractivity contribution in [2.45, 2.75) is 11.5 Å². The summed E-state index contributed by atoms with van der Waals surface area (Å²) in [5.74, 6) is -0.610. The van der Waals surface area contributed by atoms with Gasteiger partial charge in [-0.15, -0.1) is 6.58 Å². The highest BCUT2D eigenvalue weighted by molar-refractivity contribution is 7.92. The summed E-state index contributed by atoms with van der Waals surface area (Å²) in [6, 6.07) is 18.1. The number of pyridine rings is 1. The average molecular weight is 408 g/mol. The van der Waals surface area contributed by atoms with E-state index >= 15 is 0 Å². The van der Waals surface area contributed by atoms with Gasteiger partial charge in [0.25, 0.3) is 10.0 Å². The fourth-order valence-corrected chi connectivity index (χ4v) is 4.16. The molecule has 0 atom stereocenters. The summed E-state index contributed by atoms with van der Waals surface area (Å²) >= 11 is 0. The van der Waals surface area contributed by atoms with Crippen LogP contribution in [0.25, 0.3) is 0 Å². The number of carbonyl (C=O) groups is 1. The third-order valence-electron chi connectivity index (χ3n) is 4.09. The SMILES string of the molecule is C=CCN(c1ccccc1)S(=O)(=O)c1cccc(C(=O)OCc2cccnc2)c1. The molecule has 148 valence electrons. The molecule has 3 rings (SSSR count). The van der Waals surface area contributed by atoms with E-state index in [9.17, 15) is 13.2 Å². The summed E-state index contributed by atoms with van der Waals surface area (Å²) in [6.07, 6.45) is 4.74. The lowest BCUT2D eigenvalue weighted by molar-refractivity contribution is 0.0472. The molecule has 0 aliphatic rings.